The highest BCUT2D eigenvalue weighted by molar-refractivity contribution is 7.13. The van der Waals surface area contributed by atoms with Crippen LogP contribution in [0.2, 0.25) is 0 Å². The summed E-state index contributed by atoms with van der Waals surface area (Å²) in [5, 5.41) is 30.7. The number of hydrogen-bond donors (Lipinski definition) is 5. The van der Waals surface area contributed by atoms with Crippen molar-refractivity contribution in [2.24, 2.45) is 5.41 Å². The Morgan fingerprint density at radius 3 is 2.40 bits per heavy atom. The Labute approximate surface area is 428 Å². The van der Waals surface area contributed by atoms with Gasteiger partial charge in [-0.05, 0) is 73.2 Å². The highest BCUT2D eigenvalue weighted by Gasteiger charge is 2.44. The molecule has 0 bridgehead atoms. The lowest BCUT2D eigenvalue weighted by Gasteiger charge is -2.36. The SMILES string of the molecule is C=CCn1c(=O)c2cnc(Nc3ccc(N4CCN(CCOCCCC(=O)N[C@H](C(=O)N5C[C@H](O)C[C@H]5C(=O)NCc5ccc(-c6cncs6)cc5)C(C)(C)C)CC4)cc3)nc2n1-c1cccc(C(C)(C)O)n1. The molecule has 0 saturated carbocycles. The number of anilines is 3. The lowest BCUT2D eigenvalue weighted by molar-refractivity contribution is -0.144. The summed E-state index contributed by atoms with van der Waals surface area (Å²) >= 11 is 1.55. The molecule has 73 heavy (non-hydrogen) atoms. The third-order valence-electron chi connectivity index (χ3n) is 13.1. The van der Waals surface area contributed by atoms with Crippen LogP contribution in [0, 0.1) is 5.41 Å². The van der Waals surface area contributed by atoms with Crippen molar-refractivity contribution in [2.75, 3.05) is 62.7 Å². The van der Waals surface area contributed by atoms with Crippen LogP contribution in [0.1, 0.15) is 65.1 Å². The Balaban J connectivity index is 0.756. The summed E-state index contributed by atoms with van der Waals surface area (Å²) in [6.45, 7) is 18.3. The summed E-state index contributed by atoms with van der Waals surface area (Å²) in [4.78, 5) is 79.3. The topological polar surface area (TPSA) is 225 Å². The zero-order chi connectivity index (χ0) is 51.9. The minimum atomic E-state index is -1.19. The number of thiazole rings is 1. The first-order valence-corrected chi connectivity index (χ1v) is 25.6. The molecule has 0 spiro atoms. The molecule has 0 unspecified atom stereocenters. The number of pyridine rings is 1. The van der Waals surface area contributed by atoms with Crippen LogP contribution in [0.15, 0.2) is 102 Å². The summed E-state index contributed by atoms with van der Waals surface area (Å²) in [5.74, 6) is -0.287. The van der Waals surface area contributed by atoms with E-state index in [1.54, 1.807) is 59.7 Å². The molecule has 0 radical (unpaired) electrons. The third-order valence-corrected chi connectivity index (χ3v) is 13.9. The molecule has 5 N–H and O–H groups in total. The van der Waals surface area contributed by atoms with Crippen molar-refractivity contribution >= 4 is 57.4 Å². The van der Waals surface area contributed by atoms with Crippen LogP contribution in [-0.4, -0.2) is 138 Å². The van der Waals surface area contributed by atoms with Gasteiger partial charge in [-0.2, -0.15) is 4.98 Å². The molecule has 2 aliphatic rings. The number of carbonyl (C=O) groups excluding carboxylic acids is 3. The Kier molecular flexibility index (Phi) is 16.5. The Morgan fingerprint density at radius 2 is 1.71 bits per heavy atom. The normalized spacial score (nSPS) is 16.9. The number of benzene rings is 2. The summed E-state index contributed by atoms with van der Waals surface area (Å²) < 4.78 is 9.06. The van der Waals surface area contributed by atoms with E-state index in [-0.39, 0.29) is 49.8 Å². The smallest absolute Gasteiger partial charge is 0.278 e. The minimum absolute atomic E-state index is 0.00887. The largest absolute Gasteiger partial charge is 0.391 e. The van der Waals surface area contributed by atoms with Gasteiger partial charge in [0.15, 0.2) is 11.5 Å². The molecule has 2 fully saturated rings. The van der Waals surface area contributed by atoms with Crippen molar-refractivity contribution in [3.05, 3.63) is 119 Å². The Hall–Kier alpha value is -6.84. The zero-order valence-corrected chi connectivity index (χ0v) is 43.0. The number of aromatic nitrogens is 6. The molecule has 386 valence electrons. The number of β-amino-alcohol motifs (C(OH)–C–C–N with tert-alkyl or cyclic N) is 1. The number of fused-ring (bicyclic) bond motifs is 1. The fraction of sp³-hybridized carbons (Fsp3) is 0.434. The van der Waals surface area contributed by atoms with Crippen molar-refractivity contribution in [1.82, 2.24) is 49.7 Å². The van der Waals surface area contributed by atoms with Gasteiger partial charge in [0.1, 0.15) is 23.1 Å². The molecular weight excluding hydrogens is 949 g/mol. The molecule has 0 aliphatic carbocycles. The zero-order valence-electron chi connectivity index (χ0n) is 42.2. The summed E-state index contributed by atoms with van der Waals surface area (Å²) in [7, 11) is 0. The molecule has 2 saturated heterocycles. The quantitative estimate of drug-likeness (QED) is 0.0503. The van der Waals surface area contributed by atoms with Crippen LogP contribution in [-0.2, 0) is 37.8 Å². The van der Waals surface area contributed by atoms with E-state index in [0.29, 0.717) is 48.1 Å². The molecule has 4 aromatic heterocycles. The Bertz CT molecular complexity index is 2920. The minimum Gasteiger partial charge on any atom is -0.391 e. The summed E-state index contributed by atoms with van der Waals surface area (Å²) in [6, 6.07) is 19.4. The van der Waals surface area contributed by atoms with Crippen molar-refractivity contribution in [2.45, 2.75) is 90.8 Å². The van der Waals surface area contributed by atoms with Crippen molar-refractivity contribution in [3.63, 3.8) is 0 Å². The van der Waals surface area contributed by atoms with E-state index in [9.17, 15) is 29.4 Å². The number of piperazine rings is 1. The number of carbonyl (C=O) groups is 3. The number of allylic oxidation sites excluding steroid dienone is 1. The molecule has 6 aromatic rings. The first-order chi connectivity index (χ1) is 35.0. The predicted octanol–water partition coefficient (Wildman–Crippen LogP) is 4.99. The second kappa shape index (κ2) is 22.9. The lowest BCUT2D eigenvalue weighted by Crippen LogP contribution is -2.57. The van der Waals surface area contributed by atoms with Crippen molar-refractivity contribution in [3.8, 4) is 16.3 Å². The van der Waals surface area contributed by atoms with Crippen LogP contribution in [0.4, 0.5) is 17.3 Å². The summed E-state index contributed by atoms with van der Waals surface area (Å²) in [5.41, 5.74) is 4.28. The van der Waals surface area contributed by atoms with Crippen molar-refractivity contribution < 1.29 is 29.3 Å². The van der Waals surface area contributed by atoms with Crippen LogP contribution >= 0.6 is 11.3 Å². The predicted molar refractivity (Wildman–Crippen MR) is 282 cm³/mol. The van der Waals surface area contributed by atoms with E-state index in [0.717, 1.165) is 60.1 Å². The van der Waals surface area contributed by atoms with Gasteiger partial charge in [0, 0.05) is 89.0 Å². The number of nitrogens with one attached hydrogen (secondary N) is 3. The number of rotatable bonds is 20. The van der Waals surface area contributed by atoms with Gasteiger partial charge in [0.05, 0.1) is 35.3 Å². The van der Waals surface area contributed by atoms with Gasteiger partial charge in [0.2, 0.25) is 23.7 Å². The number of aliphatic hydroxyl groups excluding tert-OH is 1. The number of amides is 3. The van der Waals surface area contributed by atoms with Gasteiger partial charge in [-0.15, -0.1) is 17.9 Å². The van der Waals surface area contributed by atoms with Crippen LogP contribution in [0.3, 0.4) is 0 Å². The fourth-order valence-corrected chi connectivity index (χ4v) is 9.67. The first-order valence-electron chi connectivity index (χ1n) is 24.7. The summed E-state index contributed by atoms with van der Waals surface area (Å²) in [6.07, 6.45) is 4.86. The molecule has 20 heteroatoms. The van der Waals surface area contributed by atoms with Gasteiger partial charge in [-0.3, -0.25) is 29.1 Å². The van der Waals surface area contributed by atoms with E-state index >= 15 is 0 Å². The molecule has 19 nitrogen and oxygen atoms in total. The maximum absolute atomic E-state index is 14.0. The standard InChI is InChI=1S/C53H66N12O7S/c1-7-21-64-49(69)40-31-56-51(60-47(40)65(64)44-11-8-10-43(58-44)53(5,6)71)57-37-17-19-38(20-18-37)62-24-22-61(23-25-62)26-28-72-27-9-12-45(67)59-46(52(2,3)4)50(70)63-33-39(66)29-41(63)48(68)55-30-35-13-15-36(16-14-35)42-32-54-34-73-42/h7-8,10-11,13-20,31-32,34,39,41,46,66,71H,1,9,12,21-30,33H2,2-6H3,(H,55,68)(H,59,67)(H,56,57,60)/t39-,41+,46-/m1/s1. The molecule has 8 rings (SSSR count). The van der Waals surface area contributed by atoms with Gasteiger partial charge in [-0.25, -0.2) is 19.3 Å². The lowest BCUT2D eigenvalue weighted by atomic mass is 9.85. The van der Waals surface area contributed by atoms with Gasteiger partial charge in [-0.1, -0.05) is 57.2 Å². The van der Waals surface area contributed by atoms with E-state index in [1.165, 1.54) is 15.8 Å². The monoisotopic (exact) mass is 1010 g/mol. The van der Waals surface area contributed by atoms with Crippen molar-refractivity contribution in [1.29, 1.82) is 0 Å². The maximum Gasteiger partial charge on any atom is 0.278 e. The van der Waals surface area contributed by atoms with Crippen LogP contribution < -0.4 is 26.4 Å². The van der Waals surface area contributed by atoms with E-state index in [4.69, 9.17) is 9.72 Å². The average Bonchev–Trinajstić information content (AvgIpc) is 4.12. The number of ether oxygens (including phenoxy) is 1. The molecule has 3 atom stereocenters. The van der Waals surface area contributed by atoms with Gasteiger partial charge >= 0.3 is 0 Å². The Morgan fingerprint density at radius 1 is 0.959 bits per heavy atom. The molecular formula is C53H66N12O7S. The maximum atomic E-state index is 14.0. The number of likely N-dealkylation sites (tertiary alicyclic amines) is 1. The highest BCUT2D eigenvalue weighted by Crippen LogP contribution is 2.28. The third kappa shape index (κ3) is 12.9. The average molecular weight is 1020 g/mol. The highest BCUT2D eigenvalue weighted by atomic mass is 32.1. The van der Waals surface area contributed by atoms with E-state index < -0.39 is 35.1 Å². The van der Waals surface area contributed by atoms with Gasteiger partial charge in [0.25, 0.3) is 5.56 Å². The number of nitrogens with zero attached hydrogens (tertiary/aromatic N) is 9. The van der Waals surface area contributed by atoms with Crippen LogP contribution in [0.5, 0.6) is 0 Å². The fourth-order valence-electron chi connectivity index (χ4n) is 9.04. The van der Waals surface area contributed by atoms with Crippen LogP contribution in [0.25, 0.3) is 27.3 Å². The van der Waals surface area contributed by atoms with Gasteiger partial charge < -0.3 is 40.7 Å². The first kappa shape index (κ1) is 52.5. The second-order valence-corrected chi connectivity index (χ2v) is 21.0. The molecule has 2 aromatic carbocycles. The van der Waals surface area contributed by atoms with E-state index in [1.807, 2.05) is 63.4 Å². The molecule has 6 heterocycles. The second-order valence-electron chi connectivity index (χ2n) is 20.1. The molecule has 3 amide bonds. The number of hydrogen-bond acceptors (Lipinski definition) is 15. The van der Waals surface area contributed by atoms with E-state index in [2.05, 4.69) is 59.4 Å². The molecule has 2 aliphatic heterocycles. The number of aliphatic hydroxyl groups is 2.